The maximum atomic E-state index is 2.30. The number of hydrogen-bond acceptors (Lipinski definition) is 0. The Kier molecular flexibility index (Phi) is 9.98. The zero-order valence-corrected chi connectivity index (χ0v) is 29.5. The fourth-order valence-electron chi connectivity index (χ4n) is 7.65. The molecule has 9 aromatic rings. The predicted molar refractivity (Wildman–Crippen MR) is 222 cm³/mol. The molecule has 0 aliphatic heterocycles. The van der Waals surface area contributed by atoms with Crippen LogP contribution in [0, 0.1) is 0 Å². The van der Waals surface area contributed by atoms with Gasteiger partial charge in [-0.3, -0.25) is 0 Å². The lowest BCUT2D eigenvalue weighted by atomic mass is 9.87. The number of fused-ring (bicyclic) bond motifs is 3. The Labute approximate surface area is 307 Å². The third kappa shape index (κ3) is 7.43. The molecule has 0 saturated heterocycles. The van der Waals surface area contributed by atoms with Gasteiger partial charge in [-0.05, 0) is 103 Å². The first-order valence-corrected chi connectivity index (χ1v) is 18.4. The molecule has 0 amide bonds. The molecule has 0 N–H and O–H groups in total. The van der Waals surface area contributed by atoms with E-state index < -0.39 is 0 Å². The van der Waals surface area contributed by atoms with Gasteiger partial charge in [-0.15, -0.1) is 0 Å². The molecule has 0 heteroatoms. The molecule has 9 rings (SSSR count). The minimum Gasteiger partial charge on any atom is -0.0622 e. The summed E-state index contributed by atoms with van der Waals surface area (Å²) in [6.07, 6.45) is 3.86. The summed E-state index contributed by atoms with van der Waals surface area (Å²) in [4.78, 5) is 0. The summed E-state index contributed by atoms with van der Waals surface area (Å²) in [5, 5.41) is 8.23. The molecule has 0 fully saturated rings. The summed E-state index contributed by atoms with van der Waals surface area (Å²) < 4.78 is 0. The van der Waals surface area contributed by atoms with Gasteiger partial charge in [0.25, 0.3) is 0 Å². The van der Waals surface area contributed by atoms with Crippen molar-refractivity contribution in [2.75, 3.05) is 0 Å². The number of benzene rings is 9. The van der Waals surface area contributed by atoms with E-state index in [4.69, 9.17) is 0 Å². The minimum absolute atomic E-state index is 0.952. The van der Waals surface area contributed by atoms with Crippen LogP contribution in [-0.2, 0) is 25.7 Å². The molecule has 0 aromatic heterocycles. The monoisotopic (exact) mass is 666 g/mol. The van der Waals surface area contributed by atoms with Crippen LogP contribution >= 0.6 is 0 Å². The first-order chi connectivity index (χ1) is 25.8. The van der Waals surface area contributed by atoms with Gasteiger partial charge in [0.05, 0.1) is 0 Å². The van der Waals surface area contributed by atoms with Crippen molar-refractivity contribution in [2.45, 2.75) is 25.7 Å². The van der Waals surface area contributed by atoms with Crippen LogP contribution in [0.15, 0.2) is 206 Å². The minimum atomic E-state index is 0.952. The van der Waals surface area contributed by atoms with Crippen LogP contribution in [0.5, 0.6) is 0 Å². The maximum Gasteiger partial charge on any atom is -0.00134 e. The van der Waals surface area contributed by atoms with Gasteiger partial charge < -0.3 is 0 Å². The van der Waals surface area contributed by atoms with Crippen molar-refractivity contribution in [2.24, 2.45) is 0 Å². The van der Waals surface area contributed by atoms with Gasteiger partial charge in [-0.1, -0.05) is 206 Å². The molecule has 0 nitrogen and oxygen atoms in total. The van der Waals surface area contributed by atoms with Crippen molar-refractivity contribution < 1.29 is 0 Å². The third-order valence-corrected chi connectivity index (χ3v) is 10.2. The summed E-state index contributed by atoms with van der Waals surface area (Å²) in [6.45, 7) is 0. The normalized spacial score (nSPS) is 11.0. The molecular formula is C52H42. The molecule has 0 radical (unpaired) electrons. The molecule has 0 spiro atoms. The van der Waals surface area contributed by atoms with E-state index in [2.05, 4.69) is 206 Å². The van der Waals surface area contributed by atoms with Crippen molar-refractivity contribution in [1.29, 1.82) is 0 Å². The third-order valence-electron chi connectivity index (χ3n) is 10.2. The van der Waals surface area contributed by atoms with E-state index in [9.17, 15) is 0 Å². The topological polar surface area (TPSA) is 0 Å². The molecule has 0 atom stereocenters. The first-order valence-electron chi connectivity index (χ1n) is 18.4. The number of hydrogen-bond donors (Lipinski definition) is 0. The Balaban J connectivity index is 0.000000151. The largest absolute Gasteiger partial charge is 0.0622 e. The Morgan fingerprint density at radius 2 is 0.423 bits per heavy atom. The van der Waals surface area contributed by atoms with Crippen LogP contribution in [0.25, 0.3) is 32.3 Å². The average molecular weight is 667 g/mol. The fraction of sp³-hybridized carbons (Fsp3) is 0.0769. The standard InChI is InChI=1S/C28H22.C24H20/c1-3-11-21(12-4-1)19-27-23-15-7-9-17-25(23)28(20-22-13-5-2-6-14-22)26-18-10-8-16-24(26)27;1-3-9-19(10-4-1)17-21-15-16-22(18-20-11-5-2-6-12-20)24-14-8-7-13-23(21)24/h1-18H,19-20H2;1-16H,17-18H2. The fourth-order valence-corrected chi connectivity index (χ4v) is 7.65. The Morgan fingerprint density at radius 3 is 0.712 bits per heavy atom. The van der Waals surface area contributed by atoms with Gasteiger partial charge in [-0.25, -0.2) is 0 Å². The van der Waals surface area contributed by atoms with Gasteiger partial charge >= 0.3 is 0 Å². The summed E-state index contributed by atoms with van der Waals surface area (Å²) in [6, 6.07) is 74.2. The van der Waals surface area contributed by atoms with Gasteiger partial charge in [0.15, 0.2) is 0 Å². The quantitative estimate of drug-likeness (QED) is 0.142. The zero-order valence-electron chi connectivity index (χ0n) is 29.5. The van der Waals surface area contributed by atoms with Crippen LogP contribution in [0.3, 0.4) is 0 Å². The van der Waals surface area contributed by atoms with E-state index >= 15 is 0 Å². The predicted octanol–water partition coefficient (Wildman–Crippen LogP) is 13.2. The van der Waals surface area contributed by atoms with Crippen LogP contribution in [0.2, 0.25) is 0 Å². The van der Waals surface area contributed by atoms with Gasteiger partial charge in [0, 0.05) is 0 Å². The summed E-state index contributed by atoms with van der Waals surface area (Å²) in [7, 11) is 0. The molecule has 0 unspecified atom stereocenters. The van der Waals surface area contributed by atoms with Gasteiger partial charge in [-0.2, -0.15) is 0 Å². The van der Waals surface area contributed by atoms with E-state index in [0.29, 0.717) is 0 Å². The summed E-state index contributed by atoms with van der Waals surface area (Å²) in [5.74, 6) is 0. The molecule has 0 heterocycles. The lowest BCUT2D eigenvalue weighted by Crippen LogP contribution is -1.98. The van der Waals surface area contributed by atoms with Crippen molar-refractivity contribution >= 4 is 32.3 Å². The van der Waals surface area contributed by atoms with Gasteiger partial charge in [0.2, 0.25) is 0 Å². The molecule has 0 bridgehead atoms. The smallest absolute Gasteiger partial charge is 0.00134 e. The SMILES string of the molecule is c1ccc(Cc2c3ccccc3c(Cc3ccccc3)c3ccccc23)cc1.c1ccc(Cc2ccc(Cc3ccccc3)c3ccccc23)cc1. The summed E-state index contributed by atoms with van der Waals surface area (Å²) >= 11 is 0. The zero-order chi connectivity index (χ0) is 35.0. The maximum absolute atomic E-state index is 2.30. The molecule has 250 valence electrons. The van der Waals surface area contributed by atoms with E-state index in [-0.39, 0.29) is 0 Å². The van der Waals surface area contributed by atoms with E-state index in [0.717, 1.165) is 25.7 Å². The lowest BCUT2D eigenvalue weighted by molar-refractivity contribution is 1.18. The van der Waals surface area contributed by atoms with Crippen molar-refractivity contribution in [1.82, 2.24) is 0 Å². The van der Waals surface area contributed by atoms with Crippen LogP contribution < -0.4 is 0 Å². The van der Waals surface area contributed by atoms with Crippen molar-refractivity contribution in [3.8, 4) is 0 Å². The highest BCUT2D eigenvalue weighted by atomic mass is 14.2. The van der Waals surface area contributed by atoms with E-state index in [1.165, 1.54) is 76.8 Å². The van der Waals surface area contributed by atoms with Gasteiger partial charge in [0.1, 0.15) is 0 Å². The average Bonchev–Trinajstić information content (AvgIpc) is 3.22. The van der Waals surface area contributed by atoms with E-state index in [1.807, 2.05) is 0 Å². The first kappa shape index (κ1) is 32.9. The molecule has 52 heavy (non-hydrogen) atoms. The van der Waals surface area contributed by atoms with Crippen molar-refractivity contribution in [3.05, 3.63) is 251 Å². The van der Waals surface area contributed by atoms with Crippen LogP contribution in [0.4, 0.5) is 0 Å². The highest BCUT2D eigenvalue weighted by Crippen LogP contribution is 2.35. The Morgan fingerprint density at radius 1 is 0.192 bits per heavy atom. The molecular weight excluding hydrogens is 625 g/mol. The summed E-state index contributed by atoms with van der Waals surface area (Å²) in [5.41, 5.74) is 11.1. The second kappa shape index (κ2) is 15.8. The molecule has 9 aromatic carbocycles. The lowest BCUT2D eigenvalue weighted by Gasteiger charge is -2.17. The Bertz CT molecular complexity index is 2300. The number of rotatable bonds is 8. The molecule has 0 aliphatic carbocycles. The molecule has 0 saturated carbocycles. The van der Waals surface area contributed by atoms with Crippen LogP contribution in [0.1, 0.15) is 44.5 Å². The van der Waals surface area contributed by atoms with E-state index in [1.54, 1.807) is 0 Å². The Hall–Kier alpha value is -6.24. The second-order valence-corrected chi connectivity index (χ2v) is 13.6. The second-order valence-electron chi connectivity index (χ2n) is 13.6. The highest BCUT2D eigenvalue weighted by Gasteiger charge is 2.14. The highest BCUT2D eigenvalue weighted by molar-refractivity contribution is 6.06. The van der Waals surface area contributed by atoms with Crippen LogP contribution in [-0.4, -0.2) is 0 Å². The molecule has 0 aliphatic rings. The van der Waals surface area contributed by atoms with Crippen molar-refractivity contribution in [3.63, 3.8) is 0 Å².